The Morgan fingerprint density at radius 1 is 0.882 bits per heavy atom. The van der Waals surface area contributed by atoms with Crippen LogP contribution in [0, 0.1) is 0 Å². The summed E-state index contributed by atoms with van der Waals surface area (Å²) in [6.07, 6.45) is 0. The van der Waals surface area contributed by atoms with Crippen LogP contribution in [0.2, 0.25) is 0 Å². The number of hydrogen-bond acceptors (Lipinski definition) is 1. The molecule has 1 atom stereocenters. The second-order valence-corrected chi connectivity index (χ2v) is 4.10. The number of benzene rings is 2. The van der Waals surface area contributed by atoms with Gasteiger partial charge in [-0.05, 0) is 6.07 Å². The fraction of sp³-hybridized carbons (Fsp3) is 0.0714. The average molecular weight is 226 g/mol. The number of aliphatic hydroxyl groups excluding tert-OH is 1. The Morgan fingerprint density at radius 2 is 1.53 bits per heavy atom. The standard InChI is InChI=1S/C14H11NO2/c16-13-14(17,10-6-2-1-3-7-10)11-8-4-5-9-12(11)15-13/h1-9,17H,(H,15,16)/p+1/t14-/m0/s1. The van der Waals surface area contributed by atoms with Gasteiger partial charge in [-0.2, -0.15) is 4.99 Å². The van der Waals surface area contributed by atoms with Gasteiger partial charge in [-0.3, -0.25) is 0 Å². The number of hydrogen-bond donors (Lipinski definition) is 3. The summed E-state index contributed by atoms with van der Waals surface area (Å²) >= 11 is 0. The van der Waals surface area contributed by atoms with Crippen LogP contribution in [0.5, 0.6) is 0 Å². The van der Waals surface area contributed by atoms with E-state index in [-0.39, 0.29) is 5.90 Å². The van der Waals surface area contributed by atoms with Crippen molar-refractivity contribution in [3.63, 3.8) is 0 Å². The molecule has 0 unspecified atom stereocenters. The number of aliphatic hydroxyl groups is 2. The Kier molecular flexibility index (Phi) is 2.03. The van der Waals surface area contributed by atoms with Crippen LogP contribution in [0.15, 0.2) is 54.6 Å². The van der Waals surface area contributed by atoms with Gasteiger partial charge in [0.2, 0.25) is 11.3 Å². The maximum absolute atomic E-state index is 10.7. The zero-order chi connectivity index (χ0) is 11.9. The van der Waals surface area contributed by atoms with Gasteiger partial charge >= 0.3 is 5.90 Å². The molecule has 84 valence electrons. The Labute approximate surface area is 98.7 Å². The maximum Gasteiger partial charge on any atom is 0.380 e. The van der Waals surface area contributed by atoms with Crippen molar-refractivity contribution in [2.24, 2.45) is 0 Å². The van der Waals surface area contributed by atoms with Crippen LogP contribution in [-0.2, 0) is 5.60 Å². The fourth-order valence-corrected chi connectivity index (χ4v) is 2.22. The molecular weight excluding hydrogens is 214 g/mol. The van der Waals surface area contributed by atoms with Crippen molar-refractivity contribution in [1.82, 2.24) is 0 Å². The van der Waals surface area contributed by atoms with Gasteiger partial charge in [-0.1, -0.05) is 42.5 Å². The quantitative estimate of drug-likeness (QED) is 0.667. The highest BCUT2D eigenvalue weighted by Crippen LogP contribution is 2.34. The molecular formula is C14H12NO2+. The monoisotopic (exact) mass is 226 g/mol. The van der Waals surface area contributed by atoms with Gasteiger partial charge in [0.05, 0.1) is 5.56 Å². The number of fused-ring (bicyclic) bond motifs is 1. The number of rotatable bonds is 1. The van der Waals surface area contributed by atoms with E-state index in [4.69, 9.17) is 0 Å². The van der Waals surface area contributed by atoms with Crippen molar-refractivity contribution in [2.45, 2.75) is 5.60 Å². The first-order valence-electron chi connectivity index (χ1n) is 5.44. The van der Waals surface area contributed by atoms with E-state index in [0.717, 1.165) is 5.69 Å². The number of para-hydroxylation sites is 1. The molecule has 0 amide bonds. The van der Waals surface area contributed by atoms with Crippen LogP contribution < -0.4 is 4.99 Å². The molecule has 0 saturated carbocycles. The zero-order valence-electron chi connectivity index (χ0n) is 9.09. The lowest BCUT2D eigenvalue weighted by atomic mass is 9.87. The normalized spacial score (nSPS) is 22.1. The molecule has 0 saturated heterocycles. The molecule has 3 heteroatoms. The van der Waals surface area contributed by atoms with Gasteiger partial charge in [0.25, 0.3) is 0 Å². The predicted octanol–water partition coefficient (Wildman–Crippen LogP) is 0.605. The molecule has 1 aliphatic heterocycles. The summed E-state index contributed by atoms with van der Waals surface area (Å²) in [7, 11) is 0. The SMILES string of the molecule is OC1=[NH+]c2ccccc2[C@@]1(O)c1ccccc1. The van der Waals surface area contributed by atoms with Gasteiger partial charge < -0.3 is 10.2 Å². The molecule has 3 rings (SSSR count). The highest BCUT2D eigenvalue weighted by atomic mass is 16.3. The lowest BCUT2D eigenvalue weighted by molar-refractivity contribution is -0.364. The average Bonchev–Trinajstić information content (AvgIpc) is 2.64. The van der Waals surface area contributed by atoms with Crippen molar-refractivity contribution in [1.29, 1.82) is 0 Å². The minimum atomic E-state index is -1.46. The molecule has 0 bridgehead atoms. The van der Waals surface area contributed by atoms with Crippen LogP contribution >= 0.6 is 0 Å². The molecule has 0 radical (unpaired) electrons. The van der Waals surface area contributed by atoms with E-state index in [1.165, 1.54) is 0 Å². The Bertz CT molecular complexity index is 592. The third-order valence-corrected chi connectivity index (χ3v) is 3.10. The highest BCUT2D eigenvalue weighted by molar-refractivity contribution is 5.89. The van der Waals surface area contributed by atoms with E-state index in [0.29, 0.717) is 11.1 Å². The Morgan fingerprint density at radius 3 is 2.29 bits per heavy atom. The maximum atomic E-state index is 10.7. The van der Waals surface area contributed by atoms with Crippen LogP contribution in [0.1, 0.15) is 11.1 Å². The van der Waals surface area contributed by atoms with Crippen LogP contribution in [0.3, 0.4) is 0 Å². The third-order valence-electron chi connectivity index (χ3n) is 3.10. The molecule has 17 heavy (non-hydrogen) atoms. The first kappa shape index (κ1) is 10.1. The number of nitrogens with one attached hydrogen (secondary N) is 1. The lowest BCUT2D eigenvalue weighted by Crippen LogP contribution is -2.66. The van der Waals surface area contributed by atoms with Gasteiger partial charge in [-0.15, -0.1) is 0 Å². The first-order chi connectivity index (χ1) is 8.23. The van der Waals surface area contributed by atoms with Gasteiger partial charge in [0.15, 0.2) is 0 Å². The highest BCUT2D eigenvalue weighted by Gasteiger charge is 2.49. The van der Waals surface area contributed by atoms with E-state index >= 15 is 0 Å². The summed E-state index contributed by atoms with van der Waals surface area (Å²) in [4.78, 5) is 2.81. The molecule has 0 aliphatic carbocycles. The molecule has 1 heterocycles. The molecule has 3 nitrogen and oxygen atoms in total. The minimum Gasteiger partial charge on any atom is -0.460 e. The molecule has 0 fully saturated rings. The van der Waals surface area contributed by atoms with E-state index in [1.54, 1.807) is 18.2 Å². The van der Waals surface area contributed by atoms with Gasteiger partial charge in [-0.25, -0.2) is 0 Å². The Hall–Kier alpha value is -2.13. The van der Waals surface area contributed by atoms with Gasteiger partial charge in [0, 0.05) is 11.6 Å². The summed E-state index contributed by atoms with van der Waals surface area (Å²) in [5, 5.41) is 20.7. The lowest BCUT2D eigenvalue weighted by Gasteiger charge is -2.18. The van der Waals surface area contributed by atoms with Crippen molar-refractivity contribution in [3.8, 4) is 0 Å². The van der Waals surface area contributed by atoms with E-state index in [2.05, 4.69) is 4.99 Å². The topological polar surface area (TPSA) is 54.4 Å². The molecule has 3 N–H and O–H groups in total. The summed E-state index contributed by atoms with van der Waals surface area (Å²) in [5.74, 6) is -0.148. The van der Waals surface area contributed by atoms with Gasteiger partial charge in [0.1, 0.15) is 0 Å². The molecule has 2 aromatic rings. The van der Waals surface area contributed by atoms with Crippen molar-refractivity contribution >= 4 is 11.6 Å². The molecule has 0 spiro atoms. The Balaban J connectivity index is 2.25. The third kappa shape index (κ3) is 1.29. The van der Waals surface area contributed by atoms with Crippen LogP contribution in [0.4, 0.5) is 5.69 Å². The summed E-state index contributed by atoms with van der Waals surface area (Å²) in [6.45, 7) is 0. The molecule has 0 aromatic heterocycles. The van der Waals surface area contributed by atoms with Crippen molar-refractivity contribution in [3.05, 3.63) is 65.7 Å². The summed E-state index contributed by atoms with van der Waals surface area (Å²) in [6, 6.07) is 16.5. The second-order valence-electron chi connectivity index (χ2n) is 4.10. The smallest absolute Gasteiger partial charge is 0.380 e. The largest absolute Gasteiger partial charge is 0.460 e. The van der Waals surface area contributed by atoms with E-state index in [9.17, 15) is 10.2 Å². The van der Waals surface area contributed by atoms with E-state index in [1.807, 2.05) is 36.4 Å². The minimum absolute atomic E-state index is 0.148. The summed E-state index contributed by atoms with van der Waals surface area (Å²) < 4.78 is 0. The zero-order valence-corrected chi connectivity index (χ0v) is 9.09. The van der Waals surface area contributed by atoms with Crippen LogP contribution in [0.25, 0.3) is 0 Å². The van der Waals surface area contributed by atoms with E-state index < -0.39 is 5.60 Å². The van der Waals surface area contributed by atoms with Crippen molar-refractivity contribution < 1.29 is 15.2 Å². The first-order valence-corrected chi connectivity index (χ1v) is 5.44. The molecule has 2 aromatic carbocycles. The van der Waals surface area contributed by atoms with Crippen molar-refractivity contribution in [2.75, 3.05) is 0 Å². The summed E-state index contributed by atoms with van der Waals surface area (Å²) in [5.41, 5.74) is 0.590. The van der Waals surface area contributed by atoms with Crippen LogP contribution in [-0.4, -0.2) is 16.1 Å². The second kappa shape index (κ2) is 3.43. The predicted molar refractivity (Wildman–Crippen MR) is 64.1 cm³/mol. The fourth-order valence-electron chi connectivity index (χ4n) is 2.22. The molecule has 1 aliphatic rings.